The maximum absolute atomic E-state index is 11.5. The first-order valence-corrected chi connectivity index (χ1v) is 7.82. The van der Waals surface area contributed by atoms with E-state index in [2.05, 4.69) is 15.3 Å². The quantitative estimate of drug-likeness (QED) is 0.383. The number of hydrogen-bond acceptors (Lipinski definition) is 5. The summed E-state index contributed by atoms with van der Waals surface area (Å²) < 4.78 is 0. The zero-order chi connectivity index (χ0) is 17.9. The van der Waals surface area contributed by atoms with Gasteiger partial charge in [0.15, 0.2) is 5.78 Å². The molecule has 1 amide bonds. The zero-order valence-electron chi connectivity index (χ0n) is 14.9. The number of nitrogens with zero attached hydrogens (tertiary/aromatic N) is 2. The lowest BCUT2D eigenvalue weighted by atomic mass is 10.0. The van der Waals surface area contributed by atoms with Crippen LogP contribution in [0.1, 0.15) is 47.5 Å². The molecule has 0 spiro atoms. The number of aliphatic imine (C=N–C) groups is 2. The van der Waals surface area contributed by atoms with Crippen LogP contribution in [0.25, 0.3) is 0 Å². The van der Waals surface area contributed by atoms with Crippen molar-refractivity contribution in [2.75, 3.05) is 13.1 Å². The van der Waals surface area contributed by atoms with Gasteiger partial charge in [0.1, 0.15) is 0 Å². The standard InChI is InChI=1S/C17H30N4O2/c1-16(2,3)21-13-11-19-10-12-20-15(23)9-7-6-8-14(22)17(4,5)18/h6,8,12-13,19H,7,9-11,18H2,1-5H3/b8-6+,20-12?,21-13?. The zero-order valence-corrected chi connectivity index (χ0v) is 14.9. The molecule has 0 atom stereocenters. The highest BCUT2D eigenvalue weighted by molar-refractivity contribution is 5.97. The van der Waals surface area contributed by atoms with Crippen LogP contribution in [-0.4, -0.2) is 48.3 Å². The first-order chi connectivity index (χ1) is 10.5. The number of carbonyl (C=O) groups excluding carboxylic acids is 2. The number of nitrogens with one attached hydrogen (secondary N) is 1. The Hall–Kier alpha value is -1.66. The second kappa shape index (κ2) is 10.2. The van der Waals surface area contributed by atoms with E-state index in [1.807, 2.05) is 27.0 Å². The van der Waals surface area contributed by atoms with Gasteiger partial charge < -0.3 is 11.1 Å². The molecule has 0 aromatic heterocycles. The summed E-state index contributed by atoms with van der Waals surface area (Å²) in [6.07, 6.45) is 7.20. The van der Waals surface area contributed by atoms with Crippen LogP contribution in [0, 0.1) is 0 Å². The predicted molar refractivity (Wildman–Crippen MR) is 96.3 cm³/mol. The molecule has 0 fully saturated rings. The molecule has 0 saturated heterocycles. The van der Waals surface area contributed by atoms with Gasteiger partial charge in [-0.05, 0) is 47.1 Å². The lowest BCUT2D eigenvalue weighted by molar-refractivity contribution is -0.119. The lowest BCUT2D eigenvalue weighted by Crippen LogP contribution is -2.40. The topological polar surface area (TPSA) is 96.9 Å². The third-order valence-corrected chi connectivity index (χ3v) is 2.61. The molecule has 23 heavy (non-hydrogen) atoms. The van der Waals surface area contributed by atoms with Crippen molar-refractivity contribution >= 4 is 24.1 Å². The molecule has 0 rings (SSSR count). The van der Waals surface area contributed by atoms with Crippen LogP contribution >= 0.6 is 0 Å². The Morgan fingerprint density at radius 2 is 1.70 bits per heavy atom. The average molecular weight is 322 g/mol. The van der Waals surface area contributed by atoms with E-state index in [1.54, 1.807) is 26.1 Å². The fourth-order valence-corrected chi connectivity index (χ4v) is 1.36. The van der Waals surface area contributed by atoms with Crippen molar-refractivity contribution in [3.8, 4) is 0 Å². The van der Waals surface area contributed by atoms with Gasteiger partial charge in [-0.1, -0.05) is 6.08 Å². The first kappa shape index (κ1) is 21.3. The van der Waals surface area contributed by atoms with Gasteiger partial charge in [-0.3, -0.25) is 14.6 Å². The van der Waals surface area contributed by atoms with Crippen molar-refractivity contribution in [3.05, 3.63) is 12.2 Å². The van der Waals surface area contributed by atoms with Crippen molar-refractivity contribution in [1.29, 1.82) is 0 Å². The van der Waals surface area contributed by atoms with Crippen molar-refractivity contribution in [1.82, 2.24) is 5.32 Å². The van der Waals surface area contributed by atoms with Gasteiger partial charge in [0, 0.05) is 31.9 Å². The van der Waals surface area contributed by atoms with Crippen LogP contribution in [0.2, 0.25) is 0 Å². The van der Waals surface area contributed by atoms with Gasteiger partial charge >= 0.3 is 0 Å². The minimum Gasteiger partial charge on any atom is -0.319 e. The molecule has 6 nitrogen and oxygen atoms in total. The minimum absolute atomic E-state index is 0.0697. The molecule has 0 aromatic rings. The number of amides is 1. The average Bonchev–Trinajstić information content (AvgIpc) is 2.40. The van der Waals surface area contributed by atoms with Crippen LogP contribution in [0.15, 0.2) is 22.1 Å². The van der Waals surface area contributed by atoms with Crippen molar-refractivity contribution < 1.29 is 9.59 Å². The molecule has 0 aliphatic rings. The molecule has 6 heteroatoms. The van der Waals surface area contributed by atoms with E-state index in [0.717, 1.165) is 0 Å². The highest BCUT2D eigenvalue weighted by Gasteiger charge is 2.18. The Bertz CT molecular complexity index is 466. The third-order valence-electron chi connectivity index (χ3n) is 2.61. The number of carbonyl (C=O) groups is 2. The largest absolute Gasteiger partial charge is 0.319 e. The van der Waals surface area contributed by atoms with Gasteiger partial charge in [-0.25, -0.2) is 4.99 Å². The second-order valence-corrected chi connectivity index (χ2v) is 6.87. The van der Waals surface area contributed by atoms with Gasteiger partial charge in [0.2, 0.25) is 5.91 Å². The summed E-state index contributed by atoms with van der Waals surface area (Å²) in [6, 6.07) is 0. The highest BCUT2D eigenvalue weighted by atomic mass is 16.1. The Kier molecular flexibility index (Phi) is 9.44. The van der Waals surface area contributed by atoms with E-state index in [0.29, 0.717) is 19.5 Å². The van der Waals surface area contributed by atoms with E-state index in [4.69, 9.17) is 5.73 Å². The fourth-order valence-electron chi connectivity index (χ4n) is 1.36. The number of nitrogens with two attached hydrogens (primary N) is 1. The van der Waals surface area contributed by atoms with Crippen LogP contribution in [0.4, 0.5) is 0 Å². The number of allylic oxidation sites excluding steroid dienone is 1. The SMILES string of the molecule is CC(C)(C)N=CCNCC=NC(=O)CC/C=C/C(=O)C(C)(C)N. The van der Waals surface area contributed by atoms with E-state index < -0.39 is 5.54 Å². The van der Waals surface area contributed by atoms with Crippen LogP contribution < -0.4 is 11.1 Å². The maximum atomic E-state index is 11.5. The summed E-state index contributed by atoms with van der Waals surface area (Å²) in [5.41, 5.74) is 4.71. The molecule has 0 unspecified atom stereocenters. The molecule has 0 aromatic carbocycles. The monoisotopic (exact) mass is 322 g/mol. The Morgan fingerprint density at radius 3 is 2.26 bits per heavy atom. The summed E-state index contributed by atoms with van der Waals surface area (Å²) in [5.74, 6) is -0.367. The van der Waals surface area contributed by atoms with Gasteiger partial charge in [-0.2, -0.15) is 0 Å². The van der Waals surface area contributed by atoms with Crippen molar-refractivity contribution in [3.63, 3.8) is 0 Å². The van der Waals surface area contributed by atoms with Crippen LogP contribution in [0.3, 0.4) is 0 Å². The van der Waals surface area contributed by atoms with E-state index in [-0.39, 0.29) is 23.7 Å². The molecule has 130 valence electrons. The highest BCUT2D eigenvalue weighted by Crippen LogP contribution is 2.04. The first-order valence-electron chi connectivity index (χ1n) is 7.82. The van der Waals surface area contributed by atoms with Crippen LogP contribution in [-0.2, 0) is 9.59 Å². The summed E-state index contributed by atoms with van der Waals surface area (Å²) in [5, 5.41) is 3.09. The molecule has 3 N–H and O–H groups in total. The second-order valence-electron chi connectivity index (χ2n) is 6.87. The smallest absolute Gasteiger partial charge is 0.245 e. The van der Waals surface area contributed by atoms with E-state index >= 15 is 0 Å². The third kappa shape index (κ3) is 13.7. The van der Waals surface area contributed by atoms with Gasteiger partial charge in [0.25, 0.3) is 0 Å². The number of hydrogen-bond donors (Lipinski definition) is 2. The molecular weight excluding hydrogens is 292 g/mol. The number of rotatable bonds is 9. The van der Waals surface area contributed by atoms with Gasteiger partial charge in [0.05, 0.1) is 11.1 Å². The number of ketones is 1. The van der Waals surface area contributed by atoms with Crippen LogP contribution in [0.5, 0.6) is 0 Å². The summed E-state index contributed by atoms with van der Waals surface area (Å²) >= 11 is 0. The Morgan fingerprint density at radius 1 is 1.09 bits per heavy atom. The fraction of sp³-hybridized carbons (Fsp3) is 0.647. The lowest BCUT2D eigenvalue weighted by Gasteiger charge is -2.13. The van der Waals surface area contributed by atoms with Crippen molar-refractivity contribution in [2.24, 2.45) is 15.7 Å². The molecular formula is C17H30N4O2. The van der Waals surface area contributed by atoms with Crippen molar-refractivity contribution in [2.45, 2.75) is 58.5 Å². The Labute approximate surface area is 139 Å². The molecule has 0 radical (unpaired) electrons. The van der Waals surface area contributed by atoms with E-state index in [9.17, 15) is 9.59 Å². The summed E-state index contributed by atoms with van der Waals surface area (Å²) in [4.78, 5) is 31.2. The molecule has 0 saturated carbocycles. The summed E-state index contributed by atoms with van der Waals surface area (Å²) in [7, 11) is 0. The van der Waals surface area contributed by atoms with Gasteiger partial charge in [-0.15, -0.1) is 0 Å². The normalized spacial score (nSPS) is 13.5. The molecule has 0 bridgehead atoms. The summed E-state index contributed by atoms with van der Waals surface area (Å²) in [6.45, 7) is 10.5. The maximum Gasteiger partial charge on any atom is 0.245 e. The Balaban J connectivity index is 3.85. The molecule has 0 heterocycles. The molecule has 0 aliphatic carbocycles. The van der Waals surface area contributed by atoms with E-state index in [1.165, 1.54) is 6.08 Å². The predicted octanol–water partition coefficient (Wildman–Crippen LogP) is 1.69. The minimum atomic E-state index is -0.874. The molecule has 0 aliphatic heterocycles.